The Morgan fingerprint density at radius 1 is 1.00 bits per heavy atom. The van der Waals surface area contributed by atoms with E-state index in [-0.39, 0.29) is 43.6 Å². The van der Waals surface area contributed by atoms with Gasteiger partial charge in [-0.3, -0.25) is 24.7 Å². The smallest absolute Gasteiger partial charge is 0.336 e. The first-order chi connectivity index (χ1) is 19.1. The lowest BCUT2D eigenvalue weighted by Gasteiger charge is -2.31. The number of benzene rings is 2. The van der Waals surface area contributed by atoms with Gasteiger partial charge >= 0.3 is 11.9 Å². The van der Waals surface area contributed by atoms with E-state index in [0.717, 1.165) is 0 Å². The molecule has 1 heterocycles. The van der Waals surface area contributed by atoms with Crippen molar-refractivity contribution in [3.8, 4) is 5.75 Å². The minimum Gasteiger partial charge on any atom is -0.490 e. The maximum atomic E-state index is 13.4. The summed E-state index contributed by atoms with van der Waals surface area (Å²) in [7, 11) is 1.47. The van der Waals surface area contributed by atoms with Crippen molar-refractivity contribution in [3.63, 3.8) is 0 Å². The van der Waals surface area contributed by atoms with Crippen molar-refractivity contribution in [2.24, 2.45) is 10.9 Å². The van der Waals surface area contributed by atoms with Crippen LogP contribution in [0.2, 0.25) is 0 Å². The van der Waals surface area contributed by atoms with Crippen molar-refractivity contribution >= 4 is 34.9 Å². The molecule has 0 saturated carbocycles. The third kappa shape index (κ3) is 7.73. The number of rotatable bonds is 12. The molecule has 2 aromatic rings. The average Bonchev–Trinajstić information content (AvgIpc) is 2.91. The number of nitrogens with one attached hydrogen (secondary N) is 1. The largest absolute Gasteiger partial charge is 0.490 e. The molecule has 0 aliphatic carbocycles. The minimum absolute atomic E-state index is 0.00756. The average molecular weight is 554 g/mol. The van der Waals surface area contributed by atoms with Gasteiger partial charge in [0.1, 0.15) is 31.5 Å². The van der Waals surface area contributed by atoms with E-state index in [4.69, 9.17) is 18.9 Å². The van der Waals surface area contributed by atoms with Crippen LogP contribution < -0.4 is 10.1 Å². The van der Waals surface area contributed by atoms with Crippen molar-refractivity contribution < 1.29 is 38.3 Å². The Balaban J connectivity index is 1.80. The molecular weight excluding hydrogens is 522 g/mol. The number of nitro groups is 1. The number of hydrogen-bond donors (Lipinski definition) is 1. The van der Waals surface area contributed by atoms with Crippen LogP contribution >= 0.6 is 0 Å². The summed E-state index contributed by atoms with van der Waals surface area (Å²) in [6, 6.07) is 12.4. The molecule has 2 atom stereocenters. The van der Waals surface area contributed by atoms with Crippen molar-refractivity contribution in [1.82, 2.24) is 0 Å². The van der Waals surface area contributed by atoms with Crippen LogP contribution in [0.4, 0.5) is 11.4 Å². The Kier molecular flexibility index (Phi) is 10.5. The van der Waals surface area contributed by atoms with E-state index in [1.807, 2.05) is 0 Å². The van der Waals surface area contributed by atoms with Crippen molar-refractivity contribution in [2.75, 3.05) is 38.9 Å². The van der Waals surface area contributed by atoms with Gasteiger partial charge in [-0.2, -0.15) is 0 Å². The maximum Gasteiger partial charge on any atom is 0.336 e. The first kappa shape index (κ1) is 30.0. The Bertz CT molecular complexity index is 1320. The zero-order chi connectivity index (χ0) is 29.2. The second kappa shape index (κ2) is 14.0. The highest BCUT2D eigenvalue weighted by molar-refractivity contribution is 6.07. The number of anilines is 1. The van der Waals surface area contributed by atoms with Crippen LogP contribution in [0.5, 0.6) is 5.75 Å². The van der Waals surface area contributed by atoms with E-state index in [1.54, 1.807) is 44.2 Å². The monoisotopic (exact) mass is 553 g/mol. The summed E-state index contributed by atoms with van der Waals surface area (Å²) in [5, 5.41) is 14.1. The molecule has 12 heteroatoms. The quantitative estimate of drug-likeness (QED) is 0.179. The maximum absolute atomic E-state index is 13.4. The van der Waals surface area contributed by atoms with Gasteiger partial charge in [0.25, 0.3) is 5.69 Å². The predicted molar refractivity (Wildman–Crippen MR) is 145 cm³/mol. The molecule has 0 radical (unpaired) electrons. The fourth-order valence-corrected chi connectivity index (χ4v) is 4.32. The highest BCUT2D eigenvalue weighted by Crippen LogP contribution is 2.41. The molecule has 12 nitrogen and oxygen atoms in total. The van der Waals surface area contributed by atoms with Crippen LogP contribution in [-0.4, -0.2) is 62.0 Å². The van der Waals surface area contributed by atoms with Crippen LogP contribution in [0, 0.1) is 16.0 Å². The number of carbonyl (C=O) groups is 3. The minimum atomic E-state index is -1.01. The molecule has 1 amide bonds. The van der Waals surface area contributed by atoms with Gasteiger partial charge in [0.15, 0.2) is 0 Å². The fourth-order valence-electron chi connectivity index (χ4n) is 4.32. The summed E-state index contributed by atoms with van der Waals surface area (Å²) >= 11 is 0. The molecule has 1 aliphatic rings. The van der Waals surface area contributed by atoms with Crippen LogP contribution in [-0.2, 0) is 28.6 Å². The Morgan fingerprint density at radius 2 is 1.70 bits per heavy atom. The Morgan fingerprint density at radius 3 is 2.35 bits per heavy atom. The first-order valence-corrected chi connectivity index (χ1v) is 12.5. The fraction of sp³-hybridized carbons (Fsp3) is 0.357. The molecular formula is C28H31N3O9. The van der Waals surface area contributed by atoms with Crippen molar-refractivity contribution in [1.29, 1.82) is 0 Å². The summed E-state index contributed by atoms with van der Waals surface area (Å²) in [6.45, 7) is 4.75. The molecule has 0 bridgehead atoms. The number of hydrogen-bond acceptors (Lipinski definition) is 10. The lowest BCUT2D eigenvalue weighted by Crippen LogP contribution is -2.37. The first-order valence-electron chi connectivity index (χ1n) is 12.5. The van der Waals surface area contributed by atoms with Crippen LogP contribution in [0.15, 0.2) is 64.8 Å². The van der Waals surface area contributed by atoms with Gasteiger partial charge in [0.2, 0.25) is 5.91 Å². The zero-order valence-corrected chi connectivity index (χ0v) is 22.7. The van der Waals surface area contributed by atoms with E-state index in [1.165, 1.54) is 32.2 Å². The number of nitrogens with zero attached hydrogens (tertiary/aromatic N) is 2. The third-order valence-corrected chi connectivity index (χ3v) is 6.03. The topological polar surface area (TPSA) is 156 Å². The van der Waals surface area contributed by atoms with Gasteiger partial charge in [-0.05, 0) is 43.7 Å². The van der Waals surface area contributed by atoms with Crippen molar-refractivity contribution in [2.45, 2.75) is 26.7 Å². The van der Waals surface area contributed by atoms with E-state index in [9.17, 15) is 24.5 Å². The highest BCUT2D eigenvalue weighted by atomic mass is 16.6. The van der Waals surface area contributed by atoms with E-state index >= 15 is 0 Å². The van der Waals surface area contributed by atoms with Crippen LogP contribution in [0.25, 0.3) is 0 Å². The number of amides is 1. The zero-order valence-electron chi connectivity index (χ0n) is 22.7. The summed E-state index contributed by atoms with van der Waals surface area (Å²) in [4.78, 5) is 53.0. The molecule has 0 saturated heterocycles. The number of nitro benzene ring substituents is 1. The summed E-state index contributed by atoms with van der Waals surface area (Å²) in [5.41, 5.74) is 1.63. The molecule has 40 heavy (non-hydrogen) atoms. The molecule has 2 unspecified atom stereocenters. The van der Waals surface area contributed by atoms with Gasteiger partial charge in [0, 0.05) is 49.2 Å². The van der Waals surface area contributed by atoms with Gasteiger partial charge in [-0.25, -0.2) is 4.79 Å². The number of ether oxygens (including phenoxy) is 4. The third-order valence-electron chi connectivity index (χ3n) is 6.03. The number of methoxy groups -OCH3 is 1. The molecule has 0 spiro atoms. The number of allylic oxidation sites excluding steroid dienone is 1. The van der Waals surface area contributed by atoms with Crippen molar-refractivity contribution in [3.05, 3.63) is 75.5 Å². The highest BCUT2D eigenvalue weighted by Gasteiger charge is 2.42. The van der Waals surface area contributed by atoms with Crippen LogP contribution in [0.3, 0.4) is 0 Å². The summed E-state index contributed by atoms with van der Waals surface area (Å²) in [6.07, 6.45) is 0. The second-order valence-electron chi connectivity index (χ2n) is 8.91. The molecule has 0 aromatic heterocycles. The van der Waals surface area contributed by atoms with E-state index in [2.05, 4.69) is 10.3 Å². The van der Waals surface area contributed by atoms with Gasteiger partial charge in [-0.15, -0.1) is 0 Å². The lowest BCUT2D eigenvalue weighted by molar-refractivity contribution is -0.384. The van der Waals surface area contributed by atoms with Crippen LogP contribution in [0.1, 0.15) is 32.3 Å². The number of carbonyl (C=O) groups excluding carboxylic acids is 3. The molecule has 1 aliphatic heterocycles. The lowest BCUT2D eigenvalue weighted by atomic mass is 9.75. The number of aliphatic imine (C=N–C) groups is 1. The molecule has 3 rings (SSSR count). The van der Waals surface area contributed by atoms with E-state index < -0.39 is 28.7 Å². The second-order valence-corrected chi connectivity index (χ2v) is 8.91. The standard InChI is InChI=1S/C28H31N3O9/c1-17-24(27(33)39-13-12-37-4)26(20-6-5-7-22(16-20)31(35)36)25(18(2)29-17)28(34)40-15-14-38-23-10-8-21(9-11-23)30-19(3)32/h5-11,16,24,26H,12-15H2,1-4H3,(H,30,32). The SMILES string of the molecule is COCCOC(=O)C1C(C)=NC(C)=C(C(=O)OCCOc2ccc(NC(C)=O)cc2)C1c1cccc([N+](=O)[O-])c1. The Hall–Kier alpha value is -4.58. The number of esters is 2. The summed E-state index contributed by atoms with van der Waals surface area (Å²) < 4.78 is 21.4. The normalized spacial score (nSPS) is 16.6. The summed E-state index contributed by atoms with van der Waals surface area (Å²) in [5.74, 6) is -3.00. The number of non-ortho nitro benzene ring substituents is 1. The van der Waals surface area contributed by atoms with Gasteiger partial charge in [0.05, 0.1) is 17.1 Å². The van der Waals surface area contributed by atoms with Gasteiger partial charge in [-0.1, -0.05) is 12.1 Å². The van der Waals surface area contributed by atoms with E-state index in [0.29, 0.717) is 28.4 Å². The Labute approximate surface area is 231 Å². The molecule has 1 N–H and O–H groups in total. The molecule has 212 valence electrons. The van der Waals surface area contributed by atoms with Gasteiger partial charge < -0.3 is 24.3 Å². The predicted octanol–water partition coefficient (Wildman–Crippen LogP) is 3.81. The molecule has 0 fully saturated rings. The molecule has 2 aromatic carbocycles.